The van der Waals surface area contributed by atoms with Crippen molar-refractivity contribution in [3.63, 3.8) is 0 Å². The maximum Gasteiger partial charge on any atom is 0.230 e. The molecule has 0 fully saturated rings. The molecule has 0 bridgehead atoms. The van der Waals surface area contributed by atoms with Gasteiger partial charge in [-0.05, 0) is 48.7 Å². The van der Waals surface area contributed by atoms with E-state index < -0.39 is 0 Å². The largest absolute Gasteiger partial charge is 0.302 e. The summed E-state index contributed by atoms with van der Waals surface area (Å²) in [5, 5.41) is 6.09. The van der Waals surface area contributed by atoms with Gasteiger partial charge in [0.2, 0.25) is 5.91 Å². The number of carbonyl (C=O) groups excluding carboxylic acids is 1. The second-order valence-corrected chi connectivity index (χ2v) is 6.98. The summed E-state index contributed by atoms with van der Waals surface area (Å²) >= 11 is 7.28. The van der Waals surface area contributed by atoms with Gasteiger partial charge in [-0.15, -0.1) is 11.3 Å². The van der Waals surface area contributed by atoms with E-state index in [1.54, 1.807) is 12.1 Å². The lowest BCUT2D eigenvalue weighted by Crippen LogP contribution is -2.14. The number of aromatic nitrogens is 1. The molecule has 0 aliphatic rings. The van der Waals surface area contributed by atoms with Gasteiger partial charge in [-0.2, -0.15) is 0 Å². The second-order valence-electron chi connectivity index (χ2n) is 5.69. The smallest absolute Gasteiger partial charge is 0.230 e. The fourth-order valence-electron chi connectivity index (χ4n) is 2.32. The predicted octanol–water partition coefficient (Wildman–Crippen LogP) is 5.26. The maximum atomic E-state index is 12.1. The highest BCUT2D eigenvalue weighted by molar-refractivity contribution is 7.14. The zero-order chi connectivity index (χ0) is 17.1. The maximum absolute atomic E-state index is 12.1. The molecule has 122 valence electrons. The van der Waals surface area contributed by atoms with E-state index in [0.717, 1.165) is 16.8 Å². The molecule has 1 amide bonds. The first-order valence-electron chi connectivity index (χ1n) is 7.59. The van der Waals surface area contributed by atoms with E-state index in [1.165, 1.54) is 22.5 Å². The van der Waals surface area contributed by atoms with E-state index in [2.05, 4.69) is 42.3 Å². The predicted molar refractivity (Wildman–Crippen MR) is 101 cm³/mol. The summed E-state index contributed by atoms with van der Waals surface area (Å²) in [5.41, 5.74) is 5.35. The van der Waals surface area contributed by atoms with Crippen LogP contribution in [-0.4, -0.2) is 10.9 Å². The van der Waals surface area contributed by atoms with E-state index >= 15 is 0 Å². The van der Waals surface area contributed by atoms with E-state index in [-0.39, 0.29) is 5.91 Å². The van der Waals surface area contributed by atoms with Crippen LogP contribution in [0, 0.1) is 13.8 Å². The third kappa shape index (κ3) is 4.02. The van der Waals surface area contributed by atoms with E-state index in [1.807, 2.05) is 17.5 Å². The number of halogens is 1. The average Bonchev–Trinajstić information content (AvgIpc) is 3.00. The molecule has 1 N–H and O–H groups in total. The van der Waals surface area contributed by atoms with Gasteiger partial charge < -0.3 is 5.32 Å². The molecule has 0 saturated carbocycles. The van der Waals surface area contributed by atoms with Crippen molar-refractivity contribution >= 4 is 34.0 Å². The molecule has 5 heteroatoms. The van der Waals surface area contributed by atoms with Gasteiger partial charge in [-0.1, -0.05) is 35.9 Å². The Morgan fingerprint density at radius 2 is 1.88 bits per heavy atom. The van der Waals surface area contributed by atoms with Gasteiger partial charge in [-0.25, -0.2) is 4.98 Å². The Morgan fingerprint density at radius 1 is 1.12 bits per heavy atom. The zero-order valence-electron chi connectivity index (χ0n) is 13.5. The summed E-state index contributed by atoms with van der Waals surface area (Å²) in [5.74, 6) is -0.0849. The molecular formula is C19H17ClN2OS. The number of aryl methyl sites for hydroxylation is 2. The minimum absolute atomic E-state index is 0.0849. The van der Waals surface area contributed by atoms with Crippen molar-refractivity contribution in [3.05, 3.63) is 69.6 Å². The van der Waals surface area contributed by atoms with Gasteiger partial charge in [0.15, 0.2) is 5.13 Å². The van der Waals surface area contributed by atoms with Crippen LogP contribution in [0.5, 0.6) is 0 Å². The summed E-state index contributed by atoms with van der Waals surface area (Å²) in [6, 6.07) is 13.5. The number of carbonyl (C=O) groups is 1. The molecule has 1 heterocycles. The van der Waals surface area contributed by atoms with Crippen LogP contribution in [0.15, 0.2) is 47.8 Å². The van der Waals surface area contributed by atoms with Crippen LogP contribution in [0.2, 0.25) is 5.02 Å². The minimum Gasteiger partial charge on any atom is -0.302 e. The summed E-state index contributed by atoms with van der Waals surface area (Å²) in [6.07, 6.45) is 0.301. The van der Waals surface area contributed by atoms with Gasteiger partial charge in [-0.3, -0.25) is 4.79 Å². The number of hydrogen-bond acceptors (Lipinski definition) is 3. The Kier molecular flexibility index (Phi) is 4.97. The van der Waals surface area contributed by atoms with Crippen LogP contribution in [0.1, 0.15) is 16.7 Å². The molecule has 3 nitrogen and oxygen atoms in total. The zero-order valence-corrected chi connectivity index (χ0v) is 15.0. The van der Waals surface area contributed by atoms with Gasteiger partial charge >= 0.3 is 0 Å². The lowest BCUT2D eigenvalue weighted by atomic mass is 10.1. The molecule has 0 atom stereocenters. The number of benzene rings is 2. The Balaban J connectivity index is 1.68. The average molecular weight is 357 g/mol. The molecule has 2 aromatic carbocycles. The third-order valence-electron chi connectivity index (χ3n) is 3.83. The molecule has 0 radical (unpaired) electrons. The summed E-state index contributed by atoms with van der Waals surface area (Å²) in [6.45, 7) is 4.17. The normalized spacial score (nSPS) is 10.6. The van der Waals surface area contributed by atoms with Crippen LogP contribution in [0.25, 0.3) is 11.3 Å². The van der Waals surface area contributed by atoms with Gasteiger partial charge in [0.25, 0.3) is 0 Å². The Morgan fingerprint density at radius 3 is 2.58 bits per heavy atom. The van der Waals surface area contributed by atoms with Crippen molar-refractivity contribution in [1.82, 2.24) is 4.98 Å². The molecule has 0 unspecified atom stereocenters. The number of thiazole rings is 1. The molecule has 0 spiro atoms. The third-order valence-corrected chi connectivity index (χ3v) is 4.84. The first kappa shape index (κ1) is 16.7. The van der Waals surface area contributed by atoms with Crippen molar-refractivity contribution in [2.45, 2.75) is 20.3 Å². The van der Waals surface area contributed by atoms with Crippen molar-refractivity contribution in [2.24, 2.45) is 0 Å². The number of nitrogens with zero attached hydrogens (tertiary/aromatic N) is 1. The highest BCUT2D eigenvalue weighted by Gasteiger charge is 2.09. The van der Waals surface area contributed by atoms with Crippen LogP contribution in [0.3, 0.4) is 0 Å². The first-order chi connectivity index (χ1) is 11.5. The minimum atomic E-state index is -0.0849. The highest BCUT2D eigenvalue weighted by atomic mass is 35.5. The molecule has 0 aliphatic carbocycles. The van der Waals surface area contributed by atoms with Crippen LogP contribution < -0.4 is 5.32 Å². The fourth-order valence-corrected chi connectivity index (χ4v) is 3.18. The molecular weight excluding hydrogens is 340 g/mol. The standard InChI is InChI=1S/C19H17ClN2OS/c1-12-3-6-15(9-13(12)2)17-11-24-19(21-17)22-18(23)10-14-4-7-16(20)8-5-14/h3-9,11H,10H2,1-2H3,(H,21,22,23). The molecule has 3 rings (SSSR count). The Hall–Kier alpha value is -2.17. The molecule has 3 aromatic rings. The van der Waals surface area contributed by atoms with E-state index in [9.17, 15) is 4.79 Å². The molecule has 0 aliphatic heterocycles. The molecule has 24 heavy (non-hydrogen) atoms. The lowest BCUT2D eigenvalue weighted by Gasteiger charge is -2.03. The topological polar surface area (TPSA) is 42.0 Å². The number of rotatable bonds is 4. The second kappa shape index (κ2) is 7.16. The number of amides is 1. The SMILES string of the molecule is Cc1ccc(-c2csc(NC(=O)Cc3ccc(Cl)cc3)n2)cc1C. The van der Waals surface area contributed by atoms with Gasteiger partial charge in [0.1, 0.15) is 0 Å². The highest BCUT2D eigenvalue weighted by Crippen LogP contribution is 2.26. The van der Waals surface area contributed by atoms with Crippen molar-refractivity contribution in [3.8, 4) is 11.3 Å². The van der Waals surface area contributed by atoms with Crippen LogP contribution in [-0.2, 0) is 11.2 Å². The summed E-state index contributed by atoms with van der Waals surface area (Å²) in [4.78, 5) is 16.6. The van der Waals surface area contributed by atoms with Crippen LogP contribution >= 0.6 is 22.9 Å². The van der Waals surface area contributed by atoms with Crippen molar-refractivity contribution in [1.29, 1.82) is 0 Å². The Bertz CT molecular complexity index is 871. The van der Waals surface area contributed by atoms with Gasteiger partial charge in [0.05, 0.1) is 12.1 Å². The van der Waals surface area contributed by atoms with Gasteiger partial charge in [0, 0.05) is 16.0 Å². The quantitative estimate of drug-likeness (QED) is 0.692. The first-order valence-corrected chi connectivity index (χ1v) is 8.84. The van der Waals surface area contributed by atoms with Crippen LogP contribution in [0.4, 0.5) is 5.13 Å². The number of anilines is 1. The number of nitrogens with one attached hydrogen (secondary N) is 1. The van der Waals surface area contributed by atoms with E-state index in [0.29, 0.717) is 16.6 Å². The fraction of sp³-hybridized carbons (Fsp3) is 0.158. The van der Waals surface area contributed by atoms with Crippen molar-refractivity contribution in [2.75, 3.05) is 5.32 Å². The monoisotopic (exact) mass is 356 g/mol. The van der Waals surface area contributed by atoms with Crippen molar-refractivity contribution < 1.29 is 4.79 Å². The Labute approximate surface area is 150 Å². The summed E-state index contributed by atoms with van der Waals surface area (Å²) in [7, 11) is 0. The number of hydrogen-bond donors (Lipinski definition) is 1. The lowest BCUT2D eigenvalue weighted by molar-refractivity contribution is -0.115. The molecule has 1 aromatic heterocycles. The summed E-state index contributed by atoms with van der Waals surface area (Å²) < 4.78 is 0. The van der Waals surface area contributed by atoms with E-state index in [4.69, 9.17) is 11.6 Å². The molecule has 0 saturated heterocycles.